The first kappa shape index (κ1) is 27.5. The van der Waals surface area contributed by atoms with E-state index in [1.165, 1.54) is 58.3 Å². The van der Waals surface area contributed by atoms with Gasteiger partial charge in [0.05, 0.1) is 0 Å². The molecule has 1 rings (SSSR count). The van der Waals surface area contributed by atoms with Crippen LogP contribution in [0.4, 0.5) is 0 Å². The van der Waals surface area contributed by atoms with Crippen LogP contribution in [0.2, 0.25) is 13.3 Å². The van der Waals surface area contributed by atoms with Crippen molar-refractivity contribution in [3.05, 3.63) is 10.2 Å². The molecule has 2 nitrogen and oxygen atoms in total. The van der Waals surface area contributed by atoms with Crippen LogP contribution in [0.15, 0.2) is 10.2 Å². The standard InChI is InChI=1S/C14H25O2.3C4H9.Sn/c1-6-9(3)14(15)12-8-11(12)10(4)13(7-2)16-5;3*1-3-4-2;/h1,6,9-15H,7-8H2,2-5H3;3*1,3-4H2,2H3;/t9-,10+,11-,12+,13+,14-;;;;/m1..../s1. The predicted molar refractivity (Wildman–Crippen MR) is 131 cm³/mol. The van der Waals surface area contributed by atoms with Gasteiger partial charge >= 0.3 is 188 Å². The quantitative estimate of drug-likeness (QED) is 0.202. The molecule has 1 aliphatic carbocycles. The summed E-state index contributed by atoms with van der Waals surface area (Å²) in [6.45, 7) is 13.8. The fraction of sp³-hybridized carbons (Fsp3) is 0.923. The van der Waals surface area contributed by atoms with Crippen LogP contribution in [-0.4, -0.2) is 42.8 Å². The molecule has 0 unspecified atom stereocenters. The van der Waals surface area contributed by atoms with Crippen molar-refractivity contribution >= 4 is 18.4 Å². The van der Waals surface area contributed by atoms with Gasteiger partial charge in [-0.05, 0) is 0 Å². The zero-order valence-electron chi connectivity index (χ0n) is 20.8. The van der Waals surface area contributed by atoms with Gasteiger partial charge in [0.15, 0.2) is 0 Å². The third-order valence-electron chi connectivity index (χ3n) is 7.67. The minimum absolute atomic E-state index is 0.180. The van der Waals surface area contributed by atoms with Crippen molar-refractivity contribution < 1.29 is 9.84 Å². The van der Waals surface area contributed by atoms with Crippen molar-refractivity contribution in [2.75, 3.05) is 7.11 Å². The topological polar surface area (TPSA) is 29.5 Å². The fourth-order valence-corrected chi connectivity index (χ4v) is 20.0. The Balaban J connectivity index is 2.78. The van der Waals surface area contributed by atoms with Crippen LogP contribution in [0.3, 0.4) is 0 Å². The molecule has 0 saturated heterocycles. The van der Waals surface area contributed by atoms with Crippen molar-refractivity contribution in [1.29, 1.82) is 0 Å². The second kappa shape index (κ2) is 14.5. The molecule has 1 aliphatic rings. The van der Waals surface area contributed by atoms with E-state index in [2.05, 4.69) is 51.7 Å². The van der Waals surface area contributed by atoms with Crippen LogP contribution in [0.25, 0.3) is 0 Å². The number of aliphatic hydroxyl groups excluding tert-OH is 1. The molecule has 3 heteroatoms. The average molecular weight is 515 g/mol. The van der Waals surface area contributed by atoms with E-state index in [0.29, 0.717) is 29.8 Å². The molecular weight excluding hydrogens is 463 g/mol. The summed E-state index contributed by atoms with van der Waals surface area (Å²) in [5.74, 6) is 1.96. The molecular formula is C26H52O2Sn. The van der Waals surface area contributed by atoms with E-state index in [9.17, 15) is 5.11 Å². The SMILES string of the molecule is CCC[CH2][Sn](/[CH]=C/[C@@H](C)[C@@H](O)[C@H]1C[C@@H]1[C@H](C)[C@H](CC)OC)([CH2]CCC)[CH2]CCC. The molecule has 0 radical (unpaired) electrons. The second-order valence-corrected chi connectivity index (χ2v) is 23.0. The first-order valence-electron chi connectivity index (χ1n) is 12.8. The van der Waals surface area contributed by atoms with Gasteiger partial charge in [-0.2, -0.15) is 0 Å². The zero-order chi connectivity index (χ0) is 21.9. The zero-order valence-corrected chi connectivity index (χ0v) is 23.6. The Kier molecular flexibility index (Phi) is 13.8. The maximum atomic E-state index is 11.1. The van der Waals surface area contributed by atoms with Crippen LogP contribution in [0.1, 0.15) is 92.9 Å². The van der Waals surface area contributed by atoms with Crippen LogP contribution in [0, 0.1) is 23.7 Å². The summed E-state index contributed by atoms with van der Waals surface area (Å²) in [7, 11) is 1.83. The molecule has 0 aromatic heterocycles. The van der Waals surface area contributed by atoms with Gasteiger partial charge in [-0.1, -0.05) is 0 Å². The van der Waals surface area contributed by atoms with E-state index in [0.717, 1.165) is 6.42 Å². The number of ether oxygens (including phenoxy) is 1. The van der Waals surface area contributed by atoms with Gasteiger partial charge in [-0.3, -0.25) is 0 Å². The minimum atomic E-state index is -2.23. The molecule has 0 amide bonds. The molecule has 6 atom stereocenters. The van der Waals surface area contributed by atoms with Crippen LogP contribution < -0.4 is 0 Å². The summed E-state index contributed by atoms with van der Waals surface area (Å²) in [6, 6.07) is 0. The van der Waals surface area contributed by atoms with E-state index in [1.54, 1.807) is 0 Å². The third kappa shape index (κ3) is 8.85. The first-order chi connectivity index (χ1) is 13.9. The maximum absolute atomic E-state index is 11.1. The van der Waals surface area contributed by atoms with Gasteiger partial charge < -0.3 is 0 Å². The van der Waals surface area contributed by atoms with Gasteiger partial charge in [-0.15, -0.1) is 0 Å². The van der Waals surface area contributed by atoms with Crippen molar-refractivity contribution in [2.24, 2.45) is 23.7 Å². The number of hydrogen-bond acceptors (Lipinski definition) is 2. The van der Waals surface area contributed by atoms with Crippen LogP contribution >= 0.6 is 0 Å². The Labute approximate surface area is 187 Å². The summed E-state index contributed by atoms with van der Waals surface area (Å²) in [5.41, 5.74) is 0. The molecule has 1 saturated carbocycles. The molecule has 0 bridgehead atoms. The normalized spacial score (nSPS) is 23.9. The Bertz CT molecular complexity index is 424. The van der Waals surface area contributed by atoms with Gasteiger partial charge in [0, 0.05) is 0 Å². The van der Waals surface area contributed by atoms with E-state index in [4.69, 9.17) is 4.74 Å². The van der Waals surface area contributed by atoms with Crippen LogP contribution in [-0.2, 0) is 4.74 Å². The summed E-state index contributed by atoms with van der Waals surface area (Å²) in [6.07, 6.45) is 13.0. The molecule has 1 fully saturated rings. The number of aliphatic hydroxyl groups is 1. The molecule has 0 aromatic rings. The molecule has 0 aromatic carbocycles. The molecule has 172 valence electrons. The Hall–Kier alpha value is 0.459. The molecule has 0 spiro atoms. The number of unbranched alkanes of at least 4 members (excludes halogenated alkanes) is 3. The first-order valence-corrected chi connectivity index (χ1v) is 20.5. The van der Waals surface area contributed by atoms with Crippen molar-refractivity contribution in [1.82, 2.24) is 0 Å². The average Bonchev–Trinajstić information content (AvgIpc) is 3.53. The number of methoxy groups -OCH3 is 1. The molecule has 1 N–H and O–H groups in total. The van der Waals surface area contributed by atoms with Gasteiger partial charge in [-0.25, -0.2) is 0 Å². The van der Waals surface area contributed by atoms with Gasteiger partial charge in [0.1, 0.15) is 0 Å². The van der Waals surface area contributed by atoms with E-state index >= 15 is 0 Å². The molecule has 0 heterocycles. The predicted octanol–water partition coefficient (Wildman–Crippen LogP) is 7.63. The molecule has 29 heavy (non-hydrogen) atoms. The number of rotatable bonds is 17. The Morgan fingerprint density at radius 3 is 1.86 bits per heavy atom. The van der Waals surface area contributed by atoms with Gasteiger partial charge in [0.25, 0.3) is 0 Å². The van der Waals surface area contributed by atoms with E-state index in [1.807, 2.05) is 7.11 Å². The van der Waals surface area contributed by atoms with E-state index in [-0.39, 0.29) is 6.10 Å². The Morgan fingerprint density at radius 2 is 1.45 bits per heavy atom. The summed E-state index contributed by atoms with van der Waals surface area (Å²) >= 11 is -2.23. The van der Waals surface area contributed by atoms with Crippen molar-refractivity contribution in [3.63, 3.8) is 0 Å². The van der Waals surface area contributed by atoms with E-state index < -0.39 is 18.4 Å². The molecule has 0 aliphatic heterocycles. The number of hydrogen-bond donors (Lipinski definition) is 1. The van der Waals surface area contributed by atoms with Crippen LogP contribution in [0.5, 0.6) is 0 Å². The second-order valence-electron chi connectivity index (χ2n) is 9.99. The van der Waals surface area contributed by atoms with Gasteiger partial charge in [0.2, 0.25) is 0 Å². The van der Waals surface area contributed by atoms with Crippen molar-refractivity contribution in [2.45, 2.75) is 118 Å². The fourth-order valence-electron chi connectivity index (χ4n) is 5.33. The summed E-state index contributed by atoms with van der Waals surface area (Å²) in [5, 5.41) is 11.1. The van der Waals surface area contributed by atoms with Crippen molar-refractivity contribution in [3.8, 4) is 0 Å². The Morgan fingerprint density at radius 1 is 0.931 bits per heavy atom. The monoisotopic (exact) mass is 516 g/mol. The third-order valence-corrected chi connectivity index (χ3v) is 21.8. The summed E-state index contributed by atoms with van der Waals surface area (Å²) in [4.78, 5) is 0. The summed E-state index contributed by atoms with van der Waals surface area (Å²) < 4.78 is 13.0.